The SMILES string of the molecule is CC(CCS(C)=O)Nc1ccc(C(=O)O)c(Br)c1. The normalized spacial score (nSPS) is 13.9. The summed E-state index contributed by atoms with van der Waals surface area (Å²) in [5, 5.41) is 12.1. The van der Waals surface area contributed by atoms with Crippen LogP contribution in [-0.2, 0) is 10.8 Å². The molecule has 0 aliphatic carbocycles. The molecule has 0 saturated heterocycles. The molecular weight excluding hydrogens is 318 g/mol. The van der Waals surface area contributed by atoms with E-state index >= 15 is 0 Å². The van der Waals surface area contributed by atoms with E-state index in [1.165, 1.54) is 0 Å². The van der Waals surface area contributed by atoms with E-state index in [2.05, 4.69) is 21.2 Å². The van der Waals surface area contributed by atoms with Crippen molar-refractivity contribution in [3.63, 3.8) is 0 Å². The van der Waals surface area contributed by atoms with E-state index in [-0.39, 0.29) is 11.6 Å². The molecule has 100 valence electrons. The molecule has 0 heterocycles. The van der Waals surface area contributed by atoms with Gasteiger partial charge in [-0.1, -0.05) is 0 Å². The number of carboxylic acid groups (broad SMARTS) is 1. The Kier molecular flexibility index (Phi) is 5.81. The van der Waals surface area contributed by atoms with Crippen LogP contribution in [0.25, 0.3) is 0 Å². The highest BCUT2D eigenvalue weighted by Crippen LogP contribution is 2.22. The van der Waals surface area contributed by atoms with Crippen molar-refractivity contribution in [2.75, 3.05) is 17.3 Å². The third kappa shape index (κ3) is 4.78. The molecule has 1 aromatic rings. The van der Waals surface area contributed by atoms with Crippen LogP contribution in [0.15, 0.2) is 22.7 Å². The first-order valence-corrected chi connectivity index (χ1v) is 8.01. The summed E-state index contributed by atoms with van der Waals surface area (Å²) in [5.41, 5.74) is 1.09. The number of rotatable bonds is 6. The molecule has 1 rings (SSSR count). The van der Waals surface area contributed by atoms with Crippen molar-refractivity contribution in [1.29, 1.82) is 0 Å². The summed E-state index contributed by atoms with van der Waals surface area (Å²) in [6.45, 7) is 2.01. The Morgan fingerprint density at radius 1 is 1.56 bits per heavy atom. The van der Waals surface area contributed by atoms with E-state index in [1.54, 1.807) is 24.5 Å². The fourth-order valence-electron chi connectivity index (χ4n) is 1.48. The molecule has 2 N–H and O–H groups in total. The van der Waals surface area contributed by atoms with Gasteiger partial charge in [-0.2, -0.15) is 0 Å². The number of benzene rings is 1. The molecule has 2 unspecified atom stereocenters. The van der Waals surface area contributed by atoms with Crippen molar-refractivity contribution < 1.29 is 14.1 Å². The number of hydrogen-bond donors (Lipinski definition) is 2. The minimum atomic E-state index is -0.956. The molecule has 6 heteroatoms. The van der Waals surface area contributed by atoms with E-state index in [4.69, 9.17) is 5.11 Å². The predicted molar refractivity (Wildman–Crippen MR) is 77.7 cm³/mol. The highest BCUT2D eigenvalue weighted by molar-refractivity contribution is 9.10. The van der Waals surface area contributed by atoms with E-state index in [1.807, 2.05) is 6.92 Å². The van der Waals surface area contributed by atoms with Gasteiger partial charge in [0.15, 0.2) is 0 Å². The highest BCUT2D eigenvalue weighted by atomic mass is 79.9. The first-order chi connectivity index (χ1) is 8.40. The third-order valence-corrected chi connectivity index (χ3v) is 3.92. The van der Waals surface area contributed by atoms with Gasteiger partial charge < -0.3 is 10.4 Å². The highest BCUT2D eigenvalue weighted by Gasteiger charge is 2.09. The standard InChI is InChI=1S/C12H16BrNO3S/c1-8(5-6-18(2)17)14-9-3-4-10(12(15)16)11(13)7-9/h3-4,7-8,14H,5-6H2,1-2H3,(H,15,16). The first kappa shape index (κ1) is 15.2. The summed E-state index contributed by atoms with van der Waals surface area (Å²) in [5.74, 6) is -0.300. The molecule has 0 spiro atoms. The van der Waals surface area contributed by atoms with Crippen molar-refractivity contribution in [3.8, 4) is 0 Å². The largest absolute Gasteiger partial charge is 0.478 e. The molecule has 0 amide bonds. The average Bonchev–Trinajstić information content (AvgIpc) is 2.26. The van der Waals surface area contributed by atoms with Crippen molar-refractivity contribution in [2.24, 2.45) is 0 Å². The van der Waals surface area contributed by atoms with Crippen LogP contribution >= 0.6 is 15.9 Å². The van der Waals surface area contributed by atoms with Gasteiger partial charge in [-0.15, -0.1) is 0 Å². The van der Waals surface area contributed by atoms with E-state index < -0.39 is 16.8 Å². The van der Waals surface area contributed by atoms with Gasteiger partial charge in [-0.3, -0.25) is 4.21 Å². The maximum atomic E-state index is 11.0. The van der Waals surface area contributed by atoms with Gasteiger partial charge in [0, 0.05) is 39.0 Å². The molecule has 0 aliphatic rings. The first-order valence-electron chi connectivity index (χ1n) is 5.49. The maximum Gasteiger partial charge on any atom is 0.336 e. The Balaban J connectivity index is 2.65. The molecule has 0 saturated carbocycles. The Hall–Kier alpha value is -0.880. The second-order valence-corrected chi connectivity index (χ2v) is 6.52. The Morgan fingerprint density at radius 3 is 2.72 bits per heavy atom. The molecule has 0 aliphatic heterocycles. The molecule has 4 nitrogen and oxygen atoms in total. The Morgan fingerprint density at radius 2 is 2.22 bits per heavy atom. The van der Waals surface area contributed by atoms with Gasteiger partial charge in [0.25, 0.3) is 0 Å². The lowest BCUT2D eigenvalue weighted by molar-refractivity contribution is 0.0696. The molecule has 0 aromatic heterocycles. The summed E-state index contributed by atoms with van der Waals surface area (Å²) in [4.78, 5) is 10.8. The van der Waals surface area contributed by atoms with Crippen molar-refractivity contribution in [1.82, 2.24) is 0 Å². The fraction of sp³-hybridized carbons (Fsp3) is 0.417. The molecule has 0 fully saturated rings. The van der Waals surface area contributed by atoms with Crippen molar-refractivity contribution in [2.45, 2.75) is 19.4 Å². The van der Waals surface area contributed by atoms with Crippen LogP contribution in [0.2, 0.25) is 0 Å². The van der Waals surface area contributed by atoms with Gasteiger partial charge in [0.05, 0.1) is 5.56 Å². The number of carboxylic acids is 1. The molecular formula is C12H16BrNO3S. The van der Waals surface area contributed by atoms with Crippen LogP contribution in [0.1, 0.15) is 23.7 Å². The third-order valence-electron chi connectivity index (χ3n) is 2.45. The molecule has 1 aromatic carbocycles. The topological polar surface area (TPSA) is 66.4 Å². The molecule has 2 atom stereocenters. The second kappa shape index (κ2) is 6.89. The zero-order chi connectivity index (χ0) is 13.7. The van der Waals surface area contributed by atoms with Gasteiger partial charge in [0.1, 0.15) is 0 Å². The van der Waals surface area contributed by atoms with Crippen LogP contribution in [0.3, 0.4) is 0 Å². The van der Waals surface area contributed by atoms with Gasteiger partial charge in [-0.05, 0) is 47.5 Å². The van der Waals surface area contributed by atoms with Crippen LogP contribution in [-0.4, -0.2) is 33.3 Å². The van der Waals surface area contributed by atoms with Crippen LogP contribution in [0.5, 0.6) is 0 Å². The molecule has 18 heavy (non-hydrogen) atoms. The number of halogens is 1. The summed E-state index contributed by atoms with van der Waals surface area (Å²) in [6.07, 6.45) is 2.49. The van der Waals surface area contributed by atoms with Crippen LogP contribution in [0.4, 0.5) is 5.69 Å². The van der Waals surface area contributed by atoms with Gasteiger partial charge in [0.2, 0.25) is 0 Å². The number of nitrogens with one attached hydrogen (secondary N) is 1. The van der Waals surface area contributed by atoms with E-state index in [0.717, 1.165) is 12.1 Å². The number of carbonyl (C=O) groups is 1. The van der Waals surface area contributed by atoms with E-state index in [0.29, 0.717) is 10.2 Å². The Labute approximate surface area is 117 Å². The second-order valence-electron chi connectivity index (χ2n) is 4.11. The van der Waals surface area contributed by atoms with Gasteiger partial charge >= 0.3 is 5.97 Å². The molecule has 0 bridgehead atoms. The van der Waals surface area contributed by atoms with Crippen molar-refractivity contribution >= 4 is 38.4 Å². The predicted octanol–water partition coefficient (Wildman–Crippen LogP) is 2.72. The smallest absolute Gasteiger partial charge is 0.336 e. The van der Waals surface area contributed by atoms with E-state index in [9.17, 15) is 9.00 Å². The van der Waals surface area contributed by atoms with Crippen LogP contribution < -0.4 is 5.32 Å². The minimum Gasteiger partial charge on any atom is -0.478 e. The minimum absolute atomic E-state index is 0.191. The average molecular weight is 334 g/mol. The zero-order valence-corrected chi connectivity index (χ0v) is 12.7. The number of anilines is 1. The van der Waals surface area contributed by atoms with Crippen molar-refractivity contribution in [3.05, 3.63) is 28.2 Å². The number of hydrogen-bond acceptors (Lipinski definition) is 3. The van der Waals surface area contributed by atoms with Crippen LogP contribution in [0, 0.1) is 0 Å². The summed E-state index contributed by atoms with van der Waals surface area (Å²) in [6, 6.07) is 5.21. The number of aromatic carboxylic acids is 1. The summed E-state index contributed by atoms with van der Waals surface area (Å²) >= 11 is 3.23. The monoisotopic (exact) mass is 333 g/mol. The summed E-state index contributed by atoms with van der Waals surface area (Å²) < 4.78 is 11.5. The zero-order valence-electron chi connectivity index (χ0n) is 10.3. The lowest BCUT2D eigenvalue weighted by Crippen LogP contribution is -2.18. The van der Waals surface area contributed by atoms with Gasteiger partial charge in [-0.25, -0.2) is 4.79 Å². The maximum absolute atomic E-state index is 11.0. The lowest BCUT2D eigenvalue weighted by Gasteiger charge is -2.15. The fourth-order valence-corrected chi connectivity index (χ4v) is 2.71. The molecule has 0 radical (unpaired) electrons. The summed E-state index contributed by atoms with van der Waals surface area (Å²) in [7, 11) is -0.785. The lowest BCUT2D eigenvalue weighted by atomic mass is 10.2. The Bertz CT molecular complexity index is 465. The quantitative estimate of drug-likeness (QED) is 0.839.